The Kier molecular flexibility index (Phi) is 3.05. The Morgan fingerprint density at radius 1 is 1.25 bits per heavy atom. The first-order valence-corrected chi connectivity index (χ1v) is 5.25. The van der Waals surface area contributed by atoms with Crippen molar-refractivity contribution in [3.05, 3.63) is 53.7 Å². The summed E-state index contributed by atoms with van der Waals surface area (Å²) in [7, 11) is 0. The number of rotatable bonds is 3. The van der Waals surface area contributed by atoms with Crippen LogP contribution in [0, 0.1) is 6.92 Å². The van der Waals surface area contributed by atoms with Crippen LogP contribution in [0.2, 0.25) is 0 Å². The predicted molar refractivity (Wildman–Crippen MR) is 67.2 cm³/mol. The molecule has 0 saturated carbocycles. The van der Waals surface area contributed by atoms with Crippen molar-refractivity contribution in [3.8, 4) is 0 Å². The number of nitrogens with two attached hydrogens (primary N) is 1. The number of nitrogen functional groups attached to an aromatic ring is 1. The molecule has 0 atom stereocenters. The summed E-state index contributed by atoms with van der Waals surface area (Å²) >= 11 is 0. The van der Waals surface area contributed by atoms with E-state index >= 15 is 0 Å². The highest BCUT2D eigenvalue weighted by atomic mass is 14.9. The molecule has 0 saturated heterocycles. The molecule has 2 aromatic rings. The summed E-state index contributed by atoms with van der Waals surface area (Å²) in [6, 6.07) is 12.1. The van der Waals surface area contributed by atoms with Gasteiger partial charge in [-0.25, -0.2) is 4.98 Å². The van der Waals surface area contributed by atoms with Crippen molar-refractivity contribution in [2.45, 2.75) is 13.5 Å². The lowest BCUT2D eigenvalue weighted by molar-refractivity contribution is 1.13. The number of anilines is 2. The molecule has 0 fully saturated rings. The molecule has 0 radical (unpaired) electrons. The first-order chi connectivity index (χ1) is 7.75. The SMILES string of the molecule is Cc1cnc(N)cc1NCc1ccccc1. The molecule has 0 aliphatic rings. The lowest BCUT2D eigenvalue weighted by Crippen LogP contribution is -2.02. The summed E-state index contributed by atoms with van der Waals surface area (Å²) in [6.07, 6.45) is 1.78. The van der Waals surface area contributed by atoms with E-state index in [0.717, 1.165) is 17.8 Å². The molecule has 82 valence electrons. The molecule has 3 heteroatoms. The Bertz CT molecular complexity index is 466. The lowest BCUT2D eigenvalue weighted by Gasteiger charge is -2.09. The quantitative estimate of drug-likeness (QED) is 0.824. The smallest absolute Gasteiger partial charge is 0.125 e. The van der Waals surface area contributed by atoms with Gasteiger partial charge in [-0.1, -0.05) is 30.3 Å². The second-order valence-electron chi connectivity index (χ2n) is 3.76. The van der Waals surface area contributed by atoms with Gasteiger partial charge in [-0.3, -0.25) is 0 Å². The van der Waals surface area contributed by atoms with Crippen LogP contribution in [0.1, 0.15) is 11.1 Å². The fourth-order valence-electron chi connectivity index (χ4n) is 1.52. The van der Waals surface area contributed by atoms with E-state index in [2.05, 4.69) is 22.4 Å². The average Bonchev–Trinajstić information content (AvgIpc) is 2.32. The van der Waals surface area contributed by atoms with Crippen LogP contribution < -0.4 is 11.1 Å². The molecule has 16 heavy (non-hydrogen) atoms. The molecule has 0 spiro atoms. The summed E-state index contributed by atoms with van der Waals surface area (Å²) < 4.78 is 0. The van der Waals surface area contributed by atoms with Crippen LogP contribution >= 0.6 is 0 Å². The van der Waals surface area contributed by atoms with Gasteiger partial charge < -0.3 is 11.1 Å². The van der Waals surface area contributed by atoms with Gasteiger partial charge >= 0.3 is 0 Å². The van der Waals surface area contributed by atoms with Crippen LogP contribution in [0.4, 0.5) is 11.5 Å². The number of hydrogen-bond acceptors (Lipinski definition) is 3. The third-order valence-corrected chi connectivity index (χ3v) is 2.45. The molecule has 0 aliphatic carbocycles. The molecule has 0 amide bonds. The van der Waals surface area contributed by atoms with Crippen molar-refractivity contribution in [1.29, 1.82) is 0 Å². The largest absolute Gasteiger partial charge is 0.384 e. The van der Waals surface area contributed by atoms with E-state index in [1.807, 2.05) is 31.2 Å². The van der Waals surface area contributed by atoms with Crippen LogP contribution in [0.15, 0.2) is 42.6 Å². The third kappa shape index (κ3) is 2.51. The molecule has 1 heterocycles. The van der Waals surface area contributed by atoms with E-state index in [1.165, 1.54) is 5.56 Å². The van der Waals surface area contributed by atoms with E-state index in [-0.39, 0.29) is 0 Å². The standard InChI is InChI=1S/C13H15N3/c1-10-8-16-13(14)7-12(10)15-9-11-5-3-2-4-6-11/h2-8H,9H2,1H3,(H3,14,15,16). The Balaban J connectivity index is 2.08. The van der Waals surface area contributed by atoms with Crippen molar-refractivity contribution >= 4 is 11.5 Å². The van der Waals surface area contributed by atoms with Gasteiger partial charge in [0.05, 0.1) is 0 Å². The normalized spacial score (nSPS) is 10.1. The van der Waals surface area contributed by atoms with Crippen LogP contribution in [0.3, 0.4) is 0 Å². The highest BCUT2D eigenvalue weighted by molar-refractivity contribution is 5.55. The van der Waals surface area contributed by atoms with Gasteiger partial charge in [0.1, 0.15) is 5.82 Å². The average molecular weight is 213 g/mol. The summed E-state index contributed by atoms with van der Waals surface area (Å²) in [5.41, 5.74) is 9.03. The van der Waals surface area contributed by atoms with E-state index in [9.17, 15) is 0 Å². The van der Waals surface area contributed by atoms with Gasteiger partial charge in [0.25, 0.3) is 0 Å². The van der Waals surface area contributed by atoms with Gasteiger partial charge in [-0.15, -0.1) is 0 Å². The second-order valence-corrected chi connectivity index (χ2v) is 3.76. The zero-order valence-corrected chi connectivity index (χ0v) is 9.27. The number of benzene rings is 1. The Morgan fingerprint density at radius 2 is 2.00 bits per heavy atom. The van der Waals surface area contributed by atoms with Gasteiger partial charge in [-0.05, 0) is 18.1 Å². The zero-order valence-electron chi connectivity index (χ0n) is 9.27. The van der Waals surface area contributed by atoms with Crippen molar-refractivity contribution in [2.24, 2.45) is 0 Å². The van der Waals surface area contributed by atoms with Gasteiger partial charge in [0.2, 0.25) is 0 Å². The summed E-state index contributed by atoms with van der Waals surface area (Å²) in [5, 5.41) is 3.35. The molecule has 3 N–H and O–H groups in total. The maximum atomic E-state index is 5.65. The maximum Gasteiger partial charge on any atom is 0.125 e. The predicted octanol–water partition coefficient (Wildman–Crippen LogP) is 2.58. The lowest BCUT2D eigenvalue weighted by atomic mass is 10.2. The van der Waals surface area contributed by atoms with Crippen molar-refractivity contribution < 1.29 is 0 Å². The molecule has 3 nitrogen and oxygen atoms in total. The molecule has 1 aromatic carbocycles. The molecular formula is C13H15N3. The number of nitrogens with zero attached hydrogens (tertiary/aromatic N) is 1. The third-order valence-electron chi connectivity index (χ3n) is 2.45. The topological polar surface area (TPSA) is 50.9 Å². The minimum atomic E-state index is 0.543. The van der Waals surface area contributed by atoms with E-state index in [4.69, 9.17) is 5.73 Å². The Morgan fingerprint density at radius 3 is 2.75 bits per heavy atom. The Hall–Kier alpha value is -2.03. The monoisotopic (exact) mass is 213 g/mol. The van der Waals surface area contributed by atoms with Gasteiger partial charge in [0.15, 0.2) is 0 Å². The maximum absolute atomic E-state index is 5.65. The minimum absolute atomic E-state index is 0.543. The number of hydrogen-bond donors (Lipinski definition) is 2. The summed E-state index contributed by atoms with van der Waals surface area (Å²) in [5.74, 6) is 0.543. The summed E-state index contributed by atoms with van der Waals surface area (Å²) in [6.45, 7) is 2.81. The van der Waals surface area contributed by atoms with E-state index in [0.29, 0.717) is 5.82 Å². The van der Waals surface area contributed by atoms with E-state index < -0.39 is 0 Å². The number of nitrogens with one attached hydrogen (secondary N) is 1. The van der Waals surface area contributed by atoms with Crippen molar-refractivity contribution in [3.63, 3.8) is 0 Å². The fraction of sp³-hybridized carbons (Fsp3) is 0.154. The molecule has 1 aromatic heterocycles. The van der Waals surface area contributed by atoms with Gasteiger partial charge in [-0.2, -0.15) is 0 Å². The molecule has 0 aliphatic heterocycles. The van der Waals surface area contributed by atoms with Crippen LogP contribution in [-0.4, -0.2) is 4.98 Å². The van der Waals surface area contributed by atoms with Crippen LogP contribution in [0.25, 0.3) is 0 Å². The molecular weight excluding hydrogens is 198 g/mol. The Labute approximate surface area is 95.3 Å². The van der Waals surface area contributed by atoms with Crippen molar-refractivity contribution in [2.75, 3.05) is 11.1 Å². The highest BCUT2D eigenvalue weighted by Gasteiger charge is 1.99. The first-order valence-electron chi connectivity index (χ1n) is 5.25. The van der Waals surface area contributed by atoms with Crippen LogP contribution in [-0.2, 0) is 6.54 Å². The number of aryl methyl sites for hydroxylation is 1. The molecule has 2 rings (SSSR count). The van der Waals surface area contributed by atoms with Crippen molar-refractivity contribution in [1.82, 2.24) is 4.98 Å². The second kappa shape index (κ2) is 4.66. The zero-order chi connectivity index (χ0) is 11.4. The molecule has 0 unspecified atom stereocenters. The summed E-state index contributed by atoms with van der Waals surface area (Å²) in [4.78, 5) is 4.03. The fourth-order valence-corrected chi connectivity index (χ4v) is 1.52. The molecule has 0 bridgehead atoms. The van der Waals surface area contributed by atoms with Crippen LogP contribution in [0.5, 0.6) is 0 Å². The first kappa shape index (κ1) is 10.5. The van der Waals surface area contributed by atoms with Gasteiger partial charge in [0, 0.05) is 24.5 Å². The van der Waals surface area contributed by atoms with E-state index in [1.54, 1.807) is 6.20 Å². The minimum Gasteiger partial charge on any atom is -0.384 e. The number of pyridine rings is 1. The highest BCUT2D eigenvalue weighted by Crippen LogP contribution is 2.16. The number of aromatic nitrogens is 1.